The fraction of sp³-hybridized carbons (Fsp3) is 0.500. The summed E-state index contributed by atoms with van der Waals surface area (Å²) in [7, 11) is 1.52. The van der Waals surface area contributed by atoms with Crippen molar-refractivity contribution in [2.24, 2.45) is 11.5 Å². The summed E-state index contributed by atoms with van der Waals surface area (Å²) in [4.78, 5) is 0. The minimum atomic E-state index is -0.0524. The number of phenols is 1. The SMILES string of the molecule is COc1ccc([C@@H](N)CCCCN)cc1O. The molecule has 5 N–H and O–H groups in total. The Hall–Kier alpha value is -1.26. The third kappa shape index (κ3) is 3.40. The third-order valence-corrected chi connectivity index (χ3v) is 2.60. The van der Waals surface area contributed by atoms with Crippen molar-refractivity contribution >= 4 is 0 Å². The van der Waals surface area contributed by atoms with Crippen LogP contribution in [0.25, 0.3) is 0 Å². The lowest BCUT2D eigenvalue weighted by atomic mass is 10.0. The maximum Gasteiger partial charge on any atom is 0.160 e. The summed E-state index contributed by atoms with van der Waals surface area (Å²) in [5, 5.41) is 9.61. The number of methoxy groups -OCH3 is 1. The number of nitrogens with two attached hydrogens (primary N) is 2. The zero-order valence-electron chi connectivity index (χ0n) is 9.65. The van der Waals surface area contributed by atoms with Crippen LogP contribution in [0.3, 0.4) is 0 Å². The summed E-state index contributed by atoms with van der Waals surface area (Å²) >= 11 is 0. The third-order valence-electron chi connectivity index (χ3n) is 2.60. The van der Waals surface area contributed by atoms with Gasteiger partial charge in [-0.2, -0.15) is 0 Å². The summed E-state index contributed by atoms with van der Waals surface area (Å²) in [6, 6.07) is 5.22. The molecule has 0 saturated carbocycles. The Balaban J connectivity index is 2.62. The molecule has 90 valence electrons. The molecule has 0 aromatic heterocycles. The first-order valence-electron chi connectivity index (χ1n) is 5.51. The molecule has 0 aliphatic rings. The molecular formula is C12H20N2O2. The Labute approximate surface area is 96.2 Å². The molecule has 0 aliphatic heterocycles. The molecule has 1 aromatic carbocycles. The number of rotatable bonds is 6. The Bertz CT molecular complexity index is 329. The van der Waals surface area contributed by atoms with Gasteiger partial charge in [-0.05, 0) is 37.1 Å². The molecule has 0 aliphatic carbocycles. The smallest absolute Gasteiger partial charge is 0.160 e. The van der Waals surface area contributed by atoms with E-state index < -0.39 is 0 Å². The summed E-state index contributed by atoms with van der Waals surface area (Å²) in [5.41, 5.74) is 12.3. The van der Waals surface area contributed by atoms with Crippen molar-refractivity contribution in [1.82, 2.24) is 0 Å². The molecule has 0 spiro atoms. The van der Waals surface area contributed by atoms with E-state index in [1.807, 2.05) is 6.07 Å². The van der Waals surface area contributed by atoms with Gasteiger partial charge in [-0.15, -0.1) is 0 Å². The predicted octanol–water partition coefficient (Wildman–Crippen LogP) is 1.53. The van der Waals surface area contributed by atoms with E-state index in [-0.39, 0.29) is 11.8 Å². The molecule has 0 heterocycles. The minimum absolute atomic E-state index is 0.0524. The Morgan fingerprint density at radius 2 is 2.12 bits per heavy atom. The first kappa shape index (κ1) is 12.8. The van der Waals surface area contributed by atoms with Crippen molar-refractivity contribution in [3.05, 3.63) is 23.8 Å². The van der Waals surface area contributed by atoms with Crippen LogP contribution in [0, 0.1) is 0 Å². The van der Waals surface area contributed by atoms with Gasteiger partial charge in [-0.3, -0.25) is 0 Å². The summed E-state index contributed by atoms with van der Waals surface area (Å²) in [5.74, 6) is 0.604. The highest BCUT2D eigenvalue weighted by Gasteiger charge is 2.08. The van der Waals surface area contributed by atoms with E-state index in [1.54, 1.807) is 12.1 Å². The predicted molar refractivity (Wildman–Crippen MR) is 64.5 cm³/mol. The van der Waals surface area contributed by atoms with Crippen LogP contribution in [-0.2, 0) is 0 Å². The Morgan fingerprint density at radius 3 is 2.69 bits per heavy atom. The van der Waals surface area contributed by atoms with Crippen molar-refractivity contribution in [1.29, 1.82) is 0 Å². The second-order valence-electron chi connectivity index (χ2n) is 3.82. The maximum absolute atomic E-state index is 9.61. The van der Waals surface area contributed by atoms with Crippen LogP contribution in [0.5, 0.6) is 11.5 Å². The molecule has 0 saturated heterocycles. The van der Waals surface area contributed by atoms with Gasteiger partial charge in [0.15, 0.2) is 11.5 Å². The lowest BCUT2D eigenvalue weighted by Gasteiger charge is -2.13. The van der Waals surface area contributed by atoms with Gasteiger partial charge in [0.2, 0.25) is 0 Å². The Morgan fingerprint density at radius 1 is 1.38 bits per heavy atom. The van der Waals surface area contributed by atoms with E-state index in [4.69, 9.17) is 16.2 Å². The zero-order valence-corrected chi connectivity index (χ0v) is 9.65. The molecule has 0 radical (unpaired) electrons. The van der Waals surface area contributed by atoms with Gasteiger partial charge >= 0.3 is 0 Å². The molecule has 0 bridgehead atoms. The summed E-state index contributed by atoms with van der Waals surface area (Å²) < 4.78 is 4.97. The topological polar surface area (TPSA) is 81.5 Å². The maximum atomic E-state index is 9.61. The number of hydrogen-bond donors (Lipinski definition) is 3. The van der Waals surface area contributed by atoms with Gasteiger partial charge < -0.3 is 21.3 Å². The summed E-state index contributed by atoms with van der Waals surface area (Å²) in [6.07, 6.45) is 2.86. The van der Waals surface area contributed by atoms with Gasteiger partial charge in [0.05, 0.1) is 7.11 Å². The van der Waals surface area contributed by atoms with Gasteiger partial charge in [0.25, 0.3) is 0 Å². The number of benzene rings is 1. The molecule has 0 fully saturated rings. The molecule has 4 nitrogen and oxygen atoms in total. The lowest BCUT2D eigenvalue weighted by Crippen LogP contribution is -2.11. The van der Waals surface area contributed by atoms with E-state index >= 15 is 0 Å². The van der Waals surface area contributed by atoms with Crippen LogP contribution < -0.4 is 16.2 Å². The van der Waals surface area contributed by atoms with E-state index in [2.05, 4.69) is 0 Å². The van der Waals surface area contributed by atoms with Gasteiger partial charge in [0, 0.05) is 6.04 Å². The number of unbranched alkanes of at least 4 members (excludes halogenated alkanes) is 1. The summed E-state index contributed by atoms with van der Waals surface area (Å²) in [6.45, 7) is 0.695. The standard InChI is InChI=1S/C12H20N2O2/c1-16-12-6-5-9(8-11(12)15)10(14)4-2-3-7-13/h5-6,8,10,15H,2-4,7,13-14H2,1H3/t10-/m0/s1. The quantitative estimate of drug-likeness (QED) is 0.640. The molecule has 1 atom stereocenters. The molecular weight excluding hydrogens is 204 g/mol. The van der Waals surface area contributed by atoms with Crippen LogP contribution in [0.4, 0.5) is 0 Å². The molecule has 1 rings (SSSR count). The molecule has 0 unspecified atom stereocenters. The highest BCUT2D eigenvalue weighted by atomic mass is 16.5. The number of phenolic OH excluding ortho intramolecular Hbond substituents is 1. The average Bonchev–Trinajstić information content (AvgIpc) is 2.29. The molecule has 4 heteroatoms. The van der Waals surface area contributed by atoms with E-state index in [0.717, 1.165) is 24.8 Å². The van der Waals surface area contributed by atoms with E-state index in [9.17, 15) is 5.11 Å². The van der Waals surface area contributed by atoms with Crippen LogP contribution in [0.1, 0.15) is 30.9 Å². The average molecular weight is 224 g/mol. The van der Waals surface area contributed by atoms with Crippen LogP contribution in [0.2, 0.25) is 0 Å². The fourth-order valence-electron chi connectivity index (χ4n) is 1.61. The Kier molecular flexibility index (Phi) is 5.08. The van der Waals surface area contributed by atoms with Crippen molar-refractivity contribution in [2.45, 2.75) is 25.3 Å². The lowest BCUT2D eigenvalue weighted by molar-refractivity contribution is 0.372. The second-order valence-corrected chi connectivity index (χ2v) is 3.82. The highest BCUT2D eigenvalue weighted by Crippen LogP contribution is 2.29. The number of hydrogen-bond acceptors (Lipinski definition) is 4. The van der Waals surface area contributed by atoms with Crippen LogP contribution >= 0.6 is 0 Å². The first-order chi connectivity index (χ1) is 7.69. The van der Waals surface area contributed by atoms with Gasteiger partial charge in [-0.1, -0.05) is 12.5 Å². The van der Waals surface area contributed by atoms with E-state index in [1.165, 1.54) is 7.11 Å². The van der Waals surface area contributed by atoms with Crippen molar-refractivity contribution in [2.75, 3.05) is 13.7 Å². The van der Waals surface area contributed by atoms with Crippen molar-refractivity contribution < 1.29 is 9.84 Å². The highest BCUT2D eigenvalue weighted by molar-refractivity contribution is 5.42. The minimum Gasteiger partial charge on any atom is -0.504 e. The normalized spacial score (nSPS) is 12.4. The fourth-order valence-corrected chi connectivity index (χ4v) is 1.61. The van der Waals surface area contributed by atoms with Crippen molar-refractivity contribution in [3.8, 4) is 11.5 Å². The number of ether oxygens (including phenoxy) is 1. The largest absolute Gasteiger partial charge is 0.504 e. The van der Waals surface area contributed by atoms with Crippen LogP contribution in [-0.4, -0.2) is 18.8 Å². The first-order valence-corrected chi connectivity index (χ1v) is 5.51. The number of aromatic hydroxyl groups is 1. The van der Waals surface area contributed by atoms with Crippen molar-refractivity contribution in [3.63, 3.8) is 0 Å². The zero-order chi connectivity index (χ0) is 12.0. The monoisotopic (exact) mass is 224 g/mol. The van der Waals surface area contributed by atoms with Gasteiger partial charge in [0.1, 0.15) is 0 Å². The molecule has 0 amide bonds. The second kappa shape index (κ2) is 6.35. The van der Waals surface area contributed by atoms with E-state index in [0.29, 0.717) is 12.3 Å². The molecule has 1 aromatic rings. The van der Waals surface area contributed by atoms with Crippen LogP contribution in [0.15, 0.2) is 18.2 Å². The molecule has 16 heavy (non-hydrogen) atoms. The van der Waals surface area contributed by atoms with Gasteiger partial charge in [-0.25, -0.2) is 0 Å².